The third-order valence-electron chi connectivity index (χ3n) is 4.47. The number of fused-ring (bicyclic) bond motifs is 3. The Hall–Kier alpha value is -2.13. The lowest BCUT2D eigenvalue weighted by Crippen LogP contribution is -2.25. The molecule has 0 radical (unpaired) electrons. The van der Waals surface area contributed by atoms with Gasteiger partial charge in [-0.1, -0.05) is 44.2 Å². The molecule has 120 valence electrons. The van der Waals surface area contributed by atoms with Gasteiger partial charge in [0, 0.05) is 18.1 Å². The topological polar surface area (TPSA) is 28.2 Å². The SMILES string of the molecule is CCN(CC)CCCNc1cc2ccccc2c2cccnc12. The number of benzene rings is 2. The van der Waals surface area contributed by atoms with E-state index in [9.17, 15) is 0 Å². The molecule has 0 atom stereocenters. The van der Waals surface area contributed by atoms with Crippen LogP contribution in [0.4, 0.5) is 5.69 Å². The van der Waals surface area contributed by atoms with Gasteiger partial charge in [-0.15, -0.1) is 0 Å². The summed E-state index contributed by atoms with van der Waals surface area (Å²) in [7, 11) is 0. The van der Waals surface area contributed by atoms with Crippen molar-refractivity contribution >= 4 is 27.4 Å². The minimum atomic E-state index is 0.973. The number of hydrogen-bond acceptors (Lipinski definition) is 3. The van der Waals surface area contributed by atoms with E-state index in [4.69, 9.17) is 0 Å². The van der Waals surface area contributed by atoms with Crippen molar-refractivity contribution < 1.29 is 0 Å². The van der Waals surface area contributed by atoms with E-state index in [2.05, 4.69) is 65.4 Å². The second kappa shape index (κ2) is 7.42. The quantitative estimate of drug-likeness (QED) is 0.513. The molecule has 0 amide bonds. The molecule has 3 nitrogen and oxygen atoms in total. The Kier molecular flexibility index (Phi) is 5.09. The molecule has 0 bridgehead atoms. The summed E-state index contributed by atoms with van der Waals surface area (Å²) in [6, 6.07) is 14.9. The molecule has 3 rings (SSSR count). The normalized spacial score (nSPS) is 11.4. The van der Waals surface area contributed by atoms with Crippen LogP contribution in [0.1, 0.15) is 20.3 Å². The highest BCUT2D eigenvalue weighted by Gasteiger charge is 2.07. The van der Waals surface area contributed by atoms with Crippen molar-refractivity contribution in [3.05, 3.63) is 48.7 Å². The number of pyridine rings is 1. The Balaban J connectivity index is 1.82. The van der Waals surface area contributed by atoms with E-state index in [0.717, 1.165) is 43.8 Å². The summed E-state index contributed by atoms with van der Waals surface area (Å²) in [6.45, 7) is 8.79. The Bertz CT molecular complexity index is 778. The molecule has 2 aromatic carbocycles. The molecule has 1 N–H and O–H groups in total. The van der Waals surface area contributed by atoms with Gasteiger partial charge in [-0.05, 0) is 49.0 Å². The molecule has 0 aliphatic heterocycles. The van der Waals surface area contributed by atoms with Crippen LogP contribution in [0.25, 0.3) is 21.7 Å². The summed E-state index contributed by atoms with van der Waals surface area (Å²) >= 11 is 0. The fraction of sp³-hybridized carbons (Fsp3) is 0.350. The van der Waals surface area contributed by atoms with Gasteiger partial charge in [-0.25, -0.2) is 0 Å². The van der Waals surface area contributed by atoms with Crippen LogP contribution < -0.4 is 5.32 Å². The van der Waals surface area contributed by atoms with Crippen LogP contribution in [0.2, 0.25) is 0 Å². The van der Waals surface area contributed by atoms with Gasteiger partial charge in [0.15, 0.2) is 0 Å². The third kappa shape index (κ3) is 3.45. The van der Waals surface area contributed by atoms with Crippen LogP contribution in [-0.4, -0.2) is 36.1 Å². The van der Waals surface area contributed by atoms with Crippen LogP contribution in [0.15, 0.2) is 48.7 Å². The molecule has 0 saturated heterocycles. The maximum atomic E-state index is 4.60. The zero-order chi connectivity index (χ0) is 16.1. The second-order valence-corrected chi connectivity index (χ2v) is 5.85. The van der Waals surface area contributed by atoms with Gasteiger partial charge in [0.1, 0.15) is 0 Å². The van der Waals surface area contributed by atoms with E-state index in [1.165, 1.54) is 16.2 Å². The fourth-order valence-corrected chi connectivity index (χ4v) is 3.13. The van der Waals surface area contributed by atoms with E-state index in [1.54, 1.807) is 0 Å². The Morgan fingerprint density at radius 2 is 1.78 bits per heavy atom. The molecule has 0 spiro atoms. The van der Waals surface area contributed by atoms with Crippen molar-refractivity contribution in [2.45, 2.75) is 20.3 Å². The molecule has 0 fully saturated rings. The minimum Gasteiger partial charge on any atom is -0.383 e. The summed E-state index contributed by atoms with van der Waals surface area (Å²) in [5, 5.41) is 7.34. The maximum Gasteiger partial charge on any atom is 0.0939 e. The molecular formula is C20H25N3. The summed E-state index contributed by atoms with van der Waals surface area (Å²) in [5.41, 5.74) is 2.20. The van der Waals surface area contributed by atoms with Crippen LogP contribution in [0.5, 0.6) is 0 Å². The molecule has 3 aromatic rings. The monoisotopic (exact) mass is 307 g/mol. The van der Waals surface area contributed by atoms with Gasteiger partial charge in [0.05, 0.1) is 11.2 Å². The lowest BCUT2D eigenvalue weighted by atomic mass is 10.0. The fourth-order valence-electron chi connectivity index (χ4n) is 3.13. The molecule has 0 aliphatic rings. The Morgan fingerprint density at radius 1 is 1.00 bits per heavy atom. The summed E-state index contributed by atoms with van der Waals surface area (Å²) in [6.07, 6.45) is 3.01. The number of aromatic nitrogens is 1. The van der Waals surface area contributed by atoms with Gasteiger partial charge in [0.25, 0.3) is 0 Å². The Labute approximate surface area is 138 Å². The molecule has 0 unspecified atom stereocenters. The van der Waals surface area contributed by atoms with Crippen molar-refractivity contribution in [3.8, 4) is 0 Å². The predicted octanol–water partition coefficient (Wildman–Crippen LogP) is 4.53. The first-order valence-corrected chi connectivity index (χ1v) is 8.56. The lowest BCUT2D eigenvalue weighted by Gasteiger charge is -2.18. The van der Waals surface area contributed by atoms with Crippen LogP contribution in [0, 0.1) is 0 Å². The molecule has 1 heterocycles. The van der Waals surface area contributed by atoms with E-state index in [1.807, 2.05) is 12.3 Å². The summed E-state index contributed by atoms with van der Waals surface area (Å²) in [4.78, 5) is 7.06. The van der Waals surface area contributed by atoms with Gasteiger partial charge in [-0.2, -0.15) is 0 Å². The van der Waals surface area contributed by atoms with Crippen LogP contribution in [0.3, 0.4) is 0 Å². The highest BCUT2D eigenvalue weighted by molar-refractivity contribution is 6.11. The molecule has 3 heteroatoms. The Morgan fingerprint density at radius 3 is 2.61 bits per heavy atom. The summed E-state index contributed by atoms with van der Waals surface area (Å²) in [5.74, 6) is 0. The van der Waals surface area contributed by atoms with Crippen LogP contribution in [-0.2, 0) is 0 Å². The van der Waals surface area contributed by atoms with E-state index < -0.39 is 0 Å². The molecule has 23 heavy (non-hydrogen) atoms. The van der Waals surface area contributed by atoms with Gasteiger partial charge < -0.3 is 10.2 Å². The number of anilines is 1. The van der Waals surface area contributed by atoms with Crippen molar-refractivity contribution in [2.75, 3.05) is 31.5 Å². The largest absolute Gasteiger partial charge is 0.383 e. The van der Waals surface area contributed by atoms with Crippen LogP contribution >= 0.6 is 0 Å². The van der Waals surface area contributed by atoms with Gasteiger partial charge >= 0.3 is 0 Å². The molecular weight excluding hydrogens is 282 g/mol. The predicted molar refractivity (Wildman–Crippen MR) is 100 cm³/mol. The third-order valence-corrected chi connectivity index (χ3v) is 4.47. The van der Waals surface area contributed by atoms with E-state index in [-0.39, 0.29) is 0 Å². The first-order valence-electron chi connectivity index (χ1n) is 8.56. The molecule has 1 aromatic heterocycles. The average Bonchev–Trinajstić information content (AvgIpc) is 2.62. The first kappa shape index (κ1) is 15.8. The second-order valence-electron chi connectivity index (χ2n) is 5.85. The standard InChI is InChI=1S/C20H25N3/c1-3-23(4-2)14-8-13-21-19-15-16-9-5-6-10-17(16)18-11-7-12-22-20(18)19/h5-7,9-12,15,21H,3-4,8,13-14H2,1-2H3. The number of nitrogens with zero attached hydrogens (tertiary/aromatic N) is 2. The zero-order valence-corrected chi connectivity index (χ0v) is 14.0. The number of nitrogens with one attached hydrogen (secondary N) is 1. The maximum absolute atomic E-state index is 4.60. The van der Waals surface area contributed by atoms with Crippen molar-refractivity contribution in [3.63, 3.8) is 0 Å². The zero-order valence-electron chi connectivity index (χ0n) is 14.0. The number of rotatable bonds is 7. The highest BCUT2D eigenvalue weighted by Crippen LogP contribution is 2.30. The van der Waals surface area contributed by atoms with Crippen molar-refractivity contribution in [1.82, 2.24) is 9.88 Å². The minimum absolute atomic E-state index is 0.973. The van der Waals surface area contributed by atoms with Gasteiger partial charge in [-0.3, -0.25) is 4.98 Å². The van der Waals surface area contributed by atoms with Gasteiger partial charge in [0.2, 0.25) is 0 Å². The lowest BCUT2D eigenvalue weighted by molar-refractivity contribution is 0.303. The van der Waals surface area contributed by atoms with E-state index >= 15 is 0 Å². The molecule has 0 aliphatic carbocycles. The number of hydrogen-bond donors (Lipinski definition) is 1. The van der Waals surface area contributed by atoms with E-state index in [0.29, 0.717) is 0 Å². The van der Waals surface area contributed by atoms with Crippen molar-refractivity contribution in [1.29, 1.82) is 0 Å². The first-order chi connectivity index (χ1) is 11.3. The highest BCUT2D eigenvalue weighted by atomic mass is 15.1. The average molecular weight is 307 g/mol. The molecule has 0 saturated carbocycles. The van der Waals surface area contributed by atoms with Crippen molar-refractivity contribution in [2.24, 2.45) is 0 Å². The summed E-state index contributed by atoms with van der Waals surface area (Å²) < 4.78 is 0. The smallest absolute Gasteiger partial charge is 0.0939 e.